The molecule has 3 aromatic carbocycles. The molecule has 0 saturated heterocycles. The number of anilines is 1. The smallest absolute Gasteiger partial charge is 0.275 e. The van der Waals surface area contributed by atoms with E-state index in [0.717, 1.165) is 11.1 Å². The van der Waals surface area contributed by atoms with Crippen molar-refractivity contribution >= 4 is 23.3 Å². The summed E-state index contributed by atoms with van der Waals surface area (Å²) in [6.45, 7) is 7.51. The molecule has 10 heteroatoms. The first-order valence-electron chi connectivity index (χ1n) is 14.3. The number of hydrogen-bond acceptors (Lipinski definition) is 6. The van der Waals surface area contributed by atoms with Crippen molar-refractivity contribution < 1.29 is 18.8 Å². The van der Waals surface area contributed by atoms with E-state index < -0.39 is 23.3 Å². The Morgan fingerprint density at radius 2 is 1.59 bits per heavy atom. The van der Waals surface area contributed by atoms with E-state index in [1.165, 1.54) is 31.3 Å². The van der Waals surface area contributed by atoms with Gasteiger partial charge in [0.15, 0.2) is 5.78 Å². The lowest BCUT2D eigenvalue weighted by Crippen LogP contribution is -2.37. The van der Waals surface area contributed by atoms with Gasteiger partial charge in [-0.25, -0.2) is 9.37 Å². The molecule has 44 heavy (non-hydrogen) atoms. The van der Waals surface area contributed by atoms with E-state index in [0.29, 0.717) is 27.8 Å². The number of ketones is 1. The summed E-state index contributed by atoms with van der Waals surface area (Å²) in [6, 6.07) is 15.3. The number of nitrogens with one attached hydrogen (secondary N) is 4. The van der Waals surface area contributed by atoms with Crippen LogP contribution < -0.4 is 21.5 Å². The molecule has 4 aromatic rings. The molecule has 0 saturated carbocycles. The normalized spacial score (nSPS) is 11.7. The largest absolute Gasteiger partial charge is 0.355 e. The van der Waals surface area contributed by atoms with Crippen molar-refractivity contribution in [1.29, 1.82) is 0 Å². The number of amides is 2. The number of hydrogen-bond donors (Lipinski definition) is 4. The molecule has 9 nitrogen and oxygen atoms in total. The monoisotopic (exact) mass is 597 g/mol. The molecule has 4 rings (SSSR count). The number of halogens is 1. The minimum absolute atomic E-state index is 0.0117. The van der Waals surface area contributed by atoms with E-state index >= 15 is 0 Å². The highest BCUT2D eigenvalue weighted by Gasteiger charge is 2.21. The van der Waals surface area contributed by atoms with Crippen LogP contribution in [0.1, 0.15) is 75.4 Å². The van der Waals surface area contributed by atoms with Crippen molar-refractivity contribution in [3.05, 3.63) is 116 Å². The van der Waals surface area contributed by atoms with Gasteiger partial charge in [0, 0.05) is 35.7 Å². The van der Waals surface area contributed by atoms with Gasteiger partial charge in [0.25, 0.3) is 11.5 Å². The zero-order chi connectivity index (χ0) is 32.1. The number of carbonyl (C=O) groups excluding carboxylic acids is 3. The van der Waals surface area contributed by atoms with Crippen LogP contribution in [0.3, 0.4) is 0 Å². The number of nitrogens with zero attached hydrogens (tertiary/aromatic N) is 1. The van der Waals surface area contributed by atoms with Gasteiger partial charge in [-0.1, -0.05) is 26.0 Å². The summed E-state index contributed by atoms with van der Waals surface area (Å²) < 4.78 is 13.5. The van der Waals surface area contributed by atoms with Crippen molar-refractivity contribution in [2.24, 2.45) is 0 Å². The fraction of sp³-hybridized carbons (Fsp3) is 0.265. The minimum Gasteiger partial charge on any atom is -0.355 e. The molecule has 0 spiro atoms. The molecule has 1 heterocycles. The summed E-state index contributed by atoms with van der Waals surface area (Å²) in [4.78, 5) is 59.7. The Bertz CT molecular complexity index is 1780. The highest BCUT2D eigenvalue weighted by atomic mass is 19.1. The van der Waals surface area contributed by atoms with Gasteiger partial charge in [-0.05, 0) is 92.0 Å². The van der Waals surface area contributed by atoms with Crippen molar-refractivity contribution in [3.8, 4) is 11.4 Å². The van der Waals surface area contributed by atoms with Crippen molar-refractivity contribution in [1.82, 2.24) is 20.6 Å². The molecule has 0 fully saturated rings. The van der Waals surface area contributed by atoms with Gasteiger partial charge in [0.2, 0.25) is 5.91 Å². The highest BCUT2D eigenvalue weighted by molar-refractivity contribution is 6.09. The second kappa shape index (κ2) is 13.6. The van der Waals surface area contributed by atoms with E-state index in [1.54, 1.807) is 44.3 Å². The lowest BCUT2D eigenvalue weighted by atomic mass is 9.92. The summed E-state index contributed by atoms with van der Waals surface area (Å²) in [5, 5.41) is 8.16. The molecule has 0 aliphatic rings. The van der Waals surface area contributed by atoms with Gasteiger partial charge in [-0.3, -0.25) is 19.2 Å². The number of benzene rings is 3. The number of likely N-dealkylation sites (N-methyl/N-ethyl adjacent to an activating group) is 1. The topological polar surface area (TPSA) is 133 Å². The van der Waals surface area contributed by atoms with Gasteiger partial charge < -0.3 is 20.9 Å². The lowest BCUT2D eigenvalue weighted by Gasteiger charge is -2.17. The molecule has 0 unspecified atom stereocenters. The van der Waals surface area contributed by atoms with Crippen LogP contribution in [-0.4, -0.2) is 47.7 Å². The second-order valence-electron chi connectivity index (χ2n) is 11.0. The van der Waals surface area contributed by atoms with E-state index in [1.807, 2.05) is 26.8 Å². The van der Waals surface area contributed by atoms with Crippen LogP contribution in [0.4, 0.5) is 10.1 Å². The average Bonchev–Trinajstić information content (AvgIpc) is 3.01. The van der Waals surface area contributed by atoms with E-state index in [2.05, 4.69) is 20.9 Å². The molecule has 1 aromatic heterocycles. The van der Waals surface area contributed by atoms with Gasteiger partial charge in [-0.2, -0.15) is 0 Å². The molecule has 0 radical (unpaired) electrons. The Labute approximate surface area is 255 Å². The number of aryl methyl sites for hydroxylation is 1. The quantitative estimate of drug-likeness (QED) is 0.195. The third-order valence-electron chi connectivity index (χ3n) is 7.47. The Morgan fingerprint density at radius 3 is 2.23 bits per heavy atom. The van der Waals surface area contributed by atoms with Gasteiger partial charge in [0.1, 0.15) is 17.3 Å². The van der Waals surface area contributed by atoms with E-state index in [4.69, 9.17) is 4.98 Å². The van der Waals surface area contributed by atoms with Crippen molar-refractivity contribution in [2.45, 2.75) is 46.1 Å². The fourth-order valence-corrected chi connectivity index (χ4v) is 4.68. The van der Waals surface area contributed by atoms with Crippen LogP contribution in [-0.2, 0) is 11.2 Å². The first-order chi connectivity index (χ1) is 20.9. The third-order valence-corrected chi connectivity index (χ3v) is 7.47. The number of aromatic amines is 1. The van der Waals surface area contributed by atoms with Crippen LogP contribution in [0, 0.1) is 12.7 Å². The first kappa shape index (κ1) is 32.0. The Hall–Kier alpha value is -4.96. The number of rotatable bonds is 10. The zero-order valence-corrected chi connectivity index (χ0v) is 25.6. The summed E-state index contributed by atoms with van der Waals surface area (Å²) in [5.41, 5.74) is 3.77. The van der Waals surface area contributed by atoms with Gasteiger partial charge in [-0.15, -0.1) is 0 Å². The third kappa shape index (κ3) is 7.15. The maximum absolute atomic E-state index is 13.5. The molecule has 4 N–H and O–H groups in total. The Balaban J connectivity index is 1.87. The number of carbonyl (C=O) groups is 3. The molecule has 1 atom stereocenters. The Morgan fingerprint density at radius 1 is 0.909 bits per heavy atom. The van der Waals surface area contributed by atoms with Crippen LogP contribution >= 0.6 is 0 Å². The minimum atomic E-state index is -0.586. The fourth-order valence-electron chi connectivity index (χ4n) is 4.68. The van der Waals surface area contributed by atoms with E-state index in [9.17, 15) is 23.6 Å². The number of aromatic nitrogens is 2. The summed E-state index contributed by atoms with van der Waals surface area (Å²) >= 11 is 0. The van der Waals surface area contributed by atoms with Crippen LogP contribution in [0.5, 0.6) is 0 Å². The maximum Gasteiger partial charge on any atom is 0.275 e. The van der Waals surface area contributed by atoms with Gasteiger partial charge >= 0.3 is 0 Å². The van der Waals surface area contributed by atoms with E-state index in [-0.39, 0.29) is 41.2 Å². The summed E-state index contributed by atoms with van der Waals surface area (Å²) in [5.74, 6) is -1.12. The molecule has 0 bridgehead atoms. The Kier molecular flexibility index (Phi) is 9.85. The van der Waals surface area contributed by atoms with Gasteiger partial charge in [0.05, 0.1) is 11.7 Å². The summed E-state index contributed by atoms with van der Waals surface area (Å²) in [7, 11) is 3.17. The molecule has 228 valence electrons. The zero-order valence-electron chi connectivity index (χ0n) is 25.6. The molecule has 2 amide bonds. The number of H-pyrrole nitrogens is 1. The highest BCUT2D eigenvalue weighted by Crippen LogP contribution is 2.26. The van der Waals surface area contributed by atoms with Crippen molar-refractivity contribution in [3.63, 3.8) is 0 Å². The van der Waals surface area contributed by atoms with Crippen LogP contribution in [0.25, 0.3) is 11.4 Å². The van der Waals surface area contributed by atoms with Crippen LogP contribution in [0.2, 0.25) is 0 Å². The first-order valence-corrected chi connectivity index (χ1v) is 14.3. The maximum atomic E-state index is 13.5. The lowest BCUT2D eigenvalue weighted by molar-refractivity contribution is -0.117. The van der Waals surface area contributed by atoms with Crippen LogP contribution in [0.15, 0.2) is 65.5 Å². The standard InChI is InChI=1S/C34H36FN5O4/c1-18(2)24-13-21(14-25(16-24)30(41)22-9-11-26(35)12-10-22)15-28-29(39-32(42)20(4)36-5)34(44)40-31(38-28)27-17-23(33(43)37-6)8-7-19(27)3/h7-14,16-18,20,36H,15H2,1-6H3,(H,37,43)(H,39,42)(H,38,40,44)/t20-/m0/s1. The van der Waals surface area contributed by atoms with Crippen molar-refractivity contribution in [2.75, 3.05) is 19.4 Å². The molecule has 0 aliphatic carbocycles. The molecule has 0 aliphatic heterocycles. The average molecular weight is 598 g/mol. The predicted molar refractivity (Wildman–Crippen MR) is 169 cm³/mol. The summed E-state index contributed by atoms with van der Waals surface area (Å²) in [6.07, 6.45) is 0.110. The SMILES string of the molecule is CNC(=O)c1ccc(C)c(-c2nc(Cc3cc(C(=O)c4ccc(F)cc4)cc(C(C)C)c3)c(NC(=O)[C@H](C)NC)c(=O)[nH]2)c1. The molecular weight excluding hydrogens is 561 g/mol. The molecular formula is C34H36FN5O4. The second-order valence-corrected chi connectivity index (χ2v) is 11.0. The predicted octanol–water partition coefficient (Wildman–Crippen LogP) is 4.74.